The van der Waals surface area contributed by atoms with Crippen LogP contribution in [0.2, 0.25) is 0 Å². The molecular formula is C19H22N4O3S2. The fourth-order valence-corrected chi connectivity index (χ4v) is 6.10. The second-order valence-corrected chi connectivity index (χ2v) is 9.70. The zero-order valence-corrected chi connectivity index (χ0v) is 17.5. The number of rotatable bonds is 4. The first-order valence-corrected chi connectivity index (χ1v) is 11.4. The fraction of sp³-hybridized carbons (Fsp3) is 0.368. The summed E-state index contributed by atoms with van der Waals surface area (Å²) in [5.74, 6) is 0. The Kier molecular flexibility index (Phi) is 5.09. The number of aromatic nitrogens is 2. The smallest absolute Gasteiger partial charge is 0.279 e. The van der Waals surface area contributed by atoms with Crippen molar-refractivity contribution in [3.8, 4) is 0 Å². The molecule has 3 heterocycles. The number of thiazole rings is 1. The number of hydrogen-bond acceptors (Lipinski definition) is 6. The van der Waals surface area contributed by atoms with Gasteiger partial charge in [-0.2, -0.15) is 4.31 Å². The van der Waals surface area contributed by atoms with E-state index in [2.05, 4.69) is 22.0 Å². The van der Waals surface area contributed by atoms with E-state index in [9.17, 15) is 13.2 Å². The minimum absolute atomic E-state index is 0.206. The van der Waals surface area contributed by atoms with Crippen molar-refractivity contribution in [3.63, 3.8) is 0 Å². The van der Waals surface area contributed by atoms with Gasteiger partial charge in [-0.15, -0.1) is 11.3 Å². The molecular weight excluding hydrogens is 396 g/mol. The molecule has 1 aliphatic heterocycles. The van der Waals surface area contributed by atoms with Gasteiger partial charge in [-0.05, 0) is 19.4 Å². The number of hydrogen-bond donors (Lipinski definition) is 0. The molecule has 2 aromatic heterocycles. The number of benzene rings is 1. The Morgan fingerprint density at radius 2 is 1.75 bits per heavy atom. The molecule has 9 heteroatoms. The van der Waals surface area contributed by atoms with Crippen LogP contribution in [0.4, 0.5) is 0 Å². The second-order valence-electron chi connectivity index (χ2n) is 6.99. The molecule has 148 valence electrons. The van der Waals surface area contributed by atoms with Gasteiger partial charge in [0.2, 0.25) is 0 Å². The summed E-state index contributed by atoms with van der Waals surface area (Å²) >= 11 is 1.34. The Morgan fingerprint density at radius 3 is 2.43 bits per heavy atom. The fourth-order valence-electron chi connectivity index (χ4n) is 3.56. The van der Waals surface area contributed by atoms with E-state index in [-0.39, 0.29) is 10.6 Å². The highest BCUT2D eigenvalue weighted by Gasteiger charge is 2.33. The third-order valence-electron chi connectivity index (χ3n) is 5.05. The predicted molar refractivity (Wildman–Crippen MR) is 109 cm³/mol. The monoisotopic (exact) mass is 418 g/mol. The van der Waals surface area contributed by atoms with Gasteiger partial charge >= 0.3 is 0 Å². The average Bonchev–Trinajstić information content (AvgIpc) is 3.03. The molecule has 0 bridgehead atoms. The van der Waals surface area contributed by atoms with Crippen molar-refractivity contribution in [2.45, 2.75) is 25.3 Å². The summed E-state index contributed by atoms with van der Waals surface area (Å²) in [5.41, 5.74) is 1.66. The first kappa shape index (κ1) is 19.3. The summed E-state index contributed by atoms with van der Waals surface area (Å²) in [4.78, 5) is 19.8. The van der Waals surface area contributed by atoms with Crippen molar-refractivity contribution in [3.05, 3.63) is 63.0 Å². The van der Waals surface area contributed by atoms with Gasteiger partial charge in [0, 0.05) is 43.8 Å². The zero-order chi connectivity index (χ0) is 19.9. The number of sulfonamides is 1. The Morgan fingerprint density at radius 1 is 1.07 bits per heavy atom. The molecule has 0 atom stereocenters. The molecule has 0 aliphatic carbocycles. The molecule has 1 saturated heterocycles. The topological polar surface area (TPSA) is 75.0 Å². The molecule has 1 aromatic carbocycles. The van der Waals surface area contributed by atoms with Gasteiger partial charge in [-0.25, -0.2) is 13.4 Å². The maximum absolute atomic E-state index is 13.2. The third kappa shape index (κ3) is 3.39. The van der Waals surface area contributed by atoms with E-state index in [1.807, 2.05) is 23.6 Å². The lowest BCUT2D eigenvalue weighted by Crippen LogP contribution is -2.49. The van der Waals surface area contributed by atoms with Crippen LogP contribution in [0.15, 0.2) is 45.4 Å². The van der Waals surface area contributed by atoms with Gasteiger partial charge in [-0.1, -0.05) is 30.3 Å². The zero-order valence-electron chi connectivity index (χ0n) is 15.8. The second kappa shape index (κ2) is 7.40. The van der Waals surface area contributed by atoms with Crippen LogP contribution in [-0.4, -0.2) is 53.2 Å². The summed E-state index contributed by atoms with van der Waals surface area (Å²) in [6.07, 6.45) is 0. The highest BCUT2D eigenvalue weighted by atomic mass is 32.2. The van der Waals surface area contributed by atoms with E-state index >= 15 is 0 Å². The Hall–Kier alpha value is -2.07. The molecule has 4 rings (SSSR count). The third-order valence-corrected chi connectivity index (χ3v) is 8.02. The van der Waals surface area contributed by atoms with Crippen LogP contribution < -0.4 is 5.56 Å². The number of fused-ring (bicyclic) bond motifs is 1. The number of nitrogens with zero attached hydrogens (tertiary/aromatic N) is 4. The van der Waals surface area contributed by atoms with Gasteiger partial charge in [0.15, 0.2) is 9.86 Å². The van der Waals surface area contributed by atoms with E-state index in [0.717, 1.165) is 6.54 Å². The van der Waals surface area contributed by atoms with Gasteiger partial charge in [0.25, 0.3) is 15.6 Å². The molecule has 0 saturated carbocycles. The lowest BCUT2D eigenvalue weighted by Gasteiger charge is -2.34. The summed E-state index contributed by atoms with van der Waals surface area (Å²) < 4.78 is 29.3. The molecule has 0 amide bonds. The predicted octanol–water partition coefficient (Wildman–Crippen LogP) is 1.88. The van der Waals surface area contributed by atoms with E-state index in [1.165, 1.54) is 25.6 Å². The van der Waals surface area contributed by atoms with Crippen molar-refractivity contribution < 1.29 is 8.42 Å². The molecule has 0 radical (unpaired) electrons. The van der Waals surface area contributed by atoms with Crippen LogP contribution in [0.1, 0.15) is 17.0 Å². The first-order valence-electron chi connectivity index (χ1n) is 9.12. The van der Waals surface area contributed by atoms with Crippen LogP contribution in [0.5, 0.6) is 0 Å². The van der Waals surface area contributed by atoms with Crippen molar-refractivity contribution >= 4 is 26.3 Å². The molecule has 0 unspecified atom stereocenters. The van der Waals surface area contributed by atoms with Crippen LogP contribution in [0, 0.1) is 13.8 Å². The Bertz CT molecular complexity index is 1160. The summed E-state index contributed by atoms with van der Waals surface area (Å²) in [6.45, 7) is 6.13. The minimum Gasteiger partial charge on any atom is -0.296 e. The van der Waals surface area contributed by atoms with E-state index in [4.69, 9.17) is 0 Å². The van der Waals surface area contributed by atoms with E-state index < -0.39 is 15.6 Å². The molecule has 1 fully saturated rings. The lowest BCUT2D eigenvalue weighted by atomic mass is 10.2. The number of piperazine rings is 1. The SMILES string of the molecule is Cc1nc2scc(C)n2c(=O)c1S(=O)(=O)N1CCN(Cc2ccccc2)CC1. The Labute approximate surface area is 167 Å². The highest BCUT2D eigenvalue weighted by molar-refractivity contribution is 7.89. The van der Waals surface area contributed by atoms with Crippen LogP contribution in [-0.2, 0) is 16.6 Å². The summed E-state index contributed by atoms with van der Waals surface area (Å²) in [7, 11) is -3.89. The summed E-state index contributed by atoms with van der Waals surface area (Å²) in [5, 5.41) is 1.81. The van der Waals surface area contributed by atoms with Gasteiger partial charge in [-0.3, -0.25) is 14.1 Å². The molecule has 7 nitrogen and oxygen atoms in total. The minimum atomic E-state index is -3.89. The van der Waals surface area contributed by atoms with Crippen molar-refractivity contribution in [1.82, 2.24) is 18.6 Å². The first-order chi connectivity index (χ1) is 13.4. The number of aryl methyl sites for hydroxylation is 2. The highest BCUT2D eigenvalue weighted by Crippen LogP contribution is 2.20. The van der Waals surface area contributed by atoms with Gasteiger partial charge < -0.3 is 0 Å². The summed E-state index contributed by atoms with van der Waals surface area (Å²) in [6, 6.07) is 10.1. The Balaban J connectivity index is 1.58. The van der Waals surface area contributed by atoms with E-state index in [0.29, 0.717) is 36.8 Å². The lowest BCUT2D eigenvalue weighted by molar-refractivity contribution is 0.181. The maximum Gasteiger partial charge on any atom is 0.279 e. The van der Waals surface area contributed by atoms with Crippen LogP contribution in [0.25, 0.3) is 4.96 Å². The van der Waals surface area contributed by atoms with E-state index in [1.54, 1.807) is 13.8 Å². The van der Waals surface area contributed by atoms with Crippen molar-refractivity contribution in [2.75, 3.05) is 26.2 Å². The van der Waals surface area contributed by atoms with Crippen molar-refractivity contribution in [1.29, 1.82) is 0 Å². The standard InChI is InChI=1S/C19H22N4O3S2/c1-14-13-27-19-20-15(2)17(18(24)23(14)19)28(25,26)22-10-8-21(9-11-22)12-16-6-4-3-5-7-16/h3-7,13H,8-12H2,1-2H3. The van der Waals surface area contributed by atoms with Gasteiger partial charge in [0.05, 0.1) is 5.69 Å². The molecule has 0 spiro atoms. The van der Waals surface area contributed by atoms with Crippen LogP contribution >= 0.6 is 11.3 Å². The largest absolute Gasteiger partial charge is 0.296 e. The molecule has 3 aromatic rings. The quantitative estimate of drug-likeness (QED) is 0.647. The van der Waals surface area contributed by atoms with Crippen LogP contribution in [0.3, 0.4) is 0 Å². The van der Waals surface area contributed by atoms with Gasteiger partial charge in [0.1, 0.15) is 0 Å². The molecule has 1 aliphatic rings. The molecule has 28 heavy (non-hydrogen) atoms. The average molecular weight is 419 g/mol. The van der Waals surface area contributed by atoms with Crippen molar-refractivity contribution in [2.24, 2.45) is 0 Å². The normalized spacial score (nSPS) is 16.6. The molecule has 0 N–H and O–H groups in total. The maximum atomic E-state index is 13.2.